The van der Waals surface area contributed by atoms with Gasteiger partial charge in [-0.1, -0.05) is 13.0 Å². The van der Waals surface area contributed by atoms with Gasteiger partial charge in [0.25, 0.3) is 5.91 Å². The number of rotatable bonds is 7. The number of halogens is 1. The van der Waals surface area contributed by atoms with Gasteiger partial charge in [-0.25, -0.2) is 13.9 Å². The van der Waals surface area contributed by atoms with Crippen molar-refractivity contribution in [1.82, 2.24) is 38.2 Å². The number of nitrogens with zero attached hydrogens (tertiary/aromatic N) is 9. The SMILES string of the molecule is CC[C@H]1C[C@]1(C#N)n1c(C(=O)N2CCc3nn(-c4cc(C)c(F)c(C)c4)c(-n4ccn(-c5ccc6c(cnn6C)c5)c4=O)c3C2)cc2cc(C3CCOCC3)ccc21. The molecule has 3 aliphatic rings. The average Bonchev–Trinajstić information content (AvgIpc) is 3.59. The van der Waals surface area contributed by atoms with Gasteiger partial charge in [0.1, 0.15) is 22.9 Å². The van der Waals surface area contributed by atoms with E-state index < -0.39 is 5.54 Å². The lowest BCUT2D eigenvalue weighted by Crippen LogP contribution is -2.38. The highest BCUT2D eigenvalue weighted by Gasteiger charge is 2.57. The van der Waals surface area contributed by atoms with Crippen molar-refractivity contribution in [2.45, 2.75) is 70.9 Å². The van der Waals surface area contributed by atoms with E-state index in [9.17, 15) is 14.4 Å². The summed E-state index contributed by atoms with van der Waals surface area (Å²) in [5, 5.41) is 22.0. The van der Waals surface area contributed by atoms with Crippen LogP contribution in [0.25, 0.3) is 39.0 Å². The number of carbonyl (C=O) groups is 1. The summed E-state index contributed by atoms with van der Waals surface area (Å²) in [4.78, 5) is 31.3. The van der Waals surface area contributed by atoms with Crippen molar-refractivity contribution >= 4 is 27.7 Å². The summed E-state index contributed by atoms with van der Waals surface area (Å²) >= 11 is 0. The third-order valence-corrected chi connectivity index (χ3v) is 12.9. The van der Waals surface area contributed by atoms with Crippen LogP contribution in [-0.4, -0.2) is 63.8 Å². The zero-order valence-corrected chi connectivity index (χ0v) is 33.1. The first kappa shape index (κ1) is 36.1. The highest BCUT2D eigenvalue weighted by molar-refractivity contribution is 5.99. The van der Waals surface area contributed by atoms with Gasteiger partial charge in [0.15, 0.2) is 0 Å². The first-order valence-corrected chi connectivity index (χ1v) is 20.1. The molecule has 0 radical (unpaired) electrons. The maximum Gasteiger partial charge on any atom is 0.338 e. The van der Waals surface area contributed by atoms with Crippen molar-refractivity contribution in [3.63, 3.8) is 0 Å². The molecule has 58 heavy (non-hydrogen) atoms. The monoisotopic (exact) mass is 777 g/mol. The normalized spacial score (nSPS) is 19.5. The molecular weight excluding hydrogens is 734 g/mol. The topological polar surface area (TPSA) is 121 Å². The molecule has 3 aromatic carbocycles. The van der Waals surface area contributed by atoms with Crippen LogP contribution < -0.4 is 5.69 Å². The zero-order valence-electron chi connectivity index (χ0n) is 33.1. The van der Waals surface area contributed by atoms with E-state index in [0.717, 1.165) is 65.5 Å². The van der Waals surface area contributed by atoms with E-state index >= 15 is 4.79 Å². The number of aryl methyl sites for hydroxylation is 3. The third-order valence-electron chi connectivity index (χ3n) is 12.9. The number of imidazole rings is 1. The fourth-order valence-electron chi connectivity index (χ4n) is 9.57. The number of benzene rings is 3. The van der Waals surface area contributed by atoms with Gasteiger partial charge in [0.2, 0.25) is 0 Å². The molecule has 6 heterocycles. The maximum absolute atomic E-state index is 15.0. The van der Waals surface area contributed by atoms with Gasteiger partial charge in [-0.3, -0.25) is 18.6 Å². The predicted molar refractivity (Wildman–Crippen MR) is 217 cm³/mol. The molecule has 1 saturated carbocycles. The van der Waals surface area contributed by atoms with E-state index in [-0.39, 0.29) is 29.9 Å². The second-order valence-corrected chi connectivity index (χ2v) is 16.3. The number of carbonyl (C=O) groups excluding carboxylic acids is 1. The minimum absolute atomic E-state index is 0.144. The van der Waals surface area contributed by atoms with E-state index in [1.54, 1.807) is 63.1 Å². The van der Waals surface area contributed by atoms with Crippen LogP contribution in [0.5, 0.6) is 0 Å². The Morgan fingerprint density at radius 1 is 0.983 bits per heavy atom. The highest BCUT2D eigenvalue weighted by Crippen LogP contribution is 2.54. The number of nitriles is 1. The first-order valence-electron chi connectivity index (χ1n) is 20.1. The van der Waals surface area contributed by atoms with E-state index in [0.29, 0.717) is 59.3 Å². The molecule has 1 amide bonds. The van der Waals surface area contributed by atoms with E-state index in [1.165, 1.54) is 5.56 Å². The Morgan fingerprint density at radius 3 is 2.48 bits per heavy atom. The van der Waals surface area contributed by atoms with Gasteiger partial charge in [0, 0.05) is 62.0 Å². The lowest BCUT2D eigenvalue weighted by Gasteiger charge is -2.28. The molecular formula is C45H44FN9O3. The molecule has 1 saturated heterocycles. The second kappa shape index (κ2) is 13.4. The Hall–Kier alpha value is -6.26. The Kier molecular flexibility index (Phi) is 8.35. The molecule has 0 bridgehead atoms. The van der Waals surface area contributed by atoms with Gasteiger partial charge in [-0.2, -0.15) is 15.5 Å². The molecule has 0 spiro atoms. The van der Waals surface area contributed by atoms with Crippen LogP contribution in [0.4, 0.5) is 4.39 Å². The van der Waals surface area contributed by atoms with Crippen LogP contribution in [0.2, 0.25) is 0 Å². The van der Waals surface area contributed by atoms with Crippen LogP contribution in [0.1, 0.15) is 77.0 Å². The van der Waals surface area contributed by atoms with Crippen molar-refractivity contribution in [1.29, 1.82) is 5.26 Å². The van der Waals surface area contributed by atoms with Gasteiger partial charge in [-0.15, -0.1) is 0 Å². The molecule has 7 aromatic rings. The fourth-order valence-corrected chi connectivity index (χ4v) is 9.57. The smallest absolute Gasteiger partial charge is 0.338 e. The number of hydrogen-bond acceptors (Lipinski definition) is 6. The summed E-state index contributed by atoms with van der Waals surface area (Å²) < 4.78 is 29.3. The standard InChI is InChI=1S/C45H44FN9O3/c1-5-33-23-45(33,26-47)54-39-8-6-30(29-11-16-58-17-12-29)20-31(39)22-40(54)43(56)51-13-10-37-36(25-51)42(55(49-37)35-18-27(2)41(46)28(3)19-35)53-15-14-52(44(53)57)34-7-9-38-32(21-34)24-48-50(38)4/h6-9,14-15,18-22,24,29,33H,5,10-13,16-17,23,25H2,1-4H3/t33-,45+/m0/s1. The van der Waals surface area contributed by atoms with E-state index in [1.807, 2.05) is 40.8 Å². The molecule has 294 valence electrons. The third kappa shape index (κ3) is 5.49. The first-order chi connectivity index (χ1) is 28.1. The van der Waals surface area contributed by atoms with Gasteiger partial charge in [0.05, 0.1) is 46.9 Å². The van der Waals surface area contributed by atoms with Crippen molar-refractivity contribution in [2.75, 3.05) is 19.8 Å². The number of hydrogen-bond donors (Lipinski definition) is 0. The summed E-state index contributed by atoms with van der Waals surface area (Å²) in [5.41, 5.74) is 6.16. The Bertz CT molecular complexity index is 2890. The summed E-state index contributed by atoms with van der Waals surface area (Å²) in [5.74, 6) is 0.556. The number of ether oxygens (including phenoxy) is 1. The molecule has 0 unspecified atom stereocenters. The van der Waals surface area contributed by atoms with Gasteiger partial charge in [-0.05, 0) is 117 Å². The minimum Gasteiger partial charge on any atom is -0.381 e. The zero-order chi connectivity index (χ0) is 40.0. The highest BCUT2D eigenvalue weighted by atomic mass is 19.1. The summed E-state index contributed by atoms with van der Waals surface area (Å²) in [6.07, 6.45) is 9.09. The van der Waals surface area contributed by atoms with Crippen LogP contribution >= 0.6 is 0 Å². The average molecular weight is 778 g/mol. The molecule has 1 aliphatic carbocycles. The lowest BCUT2D eigenvalue weighted by atomic mass is 9.91. The van der Waals surface area contributed by atoms with Crippen molar-refractivity contribution < 1.29 is 13.9 Å². The van der Waals surface area contributed by atoms with Gasteiger partial charge >= 0.3 is 5.69 Å². The van der Waals surface area contributed by atoms with E-state index in [4.69, 9.17) is 9.84 Å². The molecule has 13 heteroatoms. The Labute approximate surface area is 334 Å². The molecule has 4 aromatic heterocycles. The Balaban J connectivity index is 1.08. The maximum atomic E-state index is 15.0. The van der Waals surface area contributed by atoms with E-state index in [2.05, 4.69) is 36.3 Å². The van der Waals surface area contributed by atoms with Crippen LogP contribution in [0.15, 0.2) is 78.0 Å². The van der Waals surface area contributed by atoms with Gasteiger partial charge < -0.3 is 14.2 Å². The summed E-state index contributed by atoms with van der Waals surface area (Å²) in [7, 11) is 1.88. The summed E-state index contributed by atoms with van der Waals surface area (Å²) in [6.45, 7) is 7.59. The quantitative estimate of drug-likeness (QED) is 0.170. The van der Waals surface area contributed by atoms with Crippen molar-refractivity contribution in [3.05, 3.63) is 123 Å². The van der Waals surface area contributed by atoms with Crippen molar-refractivity contribution in [2.24, 2.45) is 13.0 Å². The van der Waals surface area contributed by atoms with Crippen molar-refractivity contribution in [3.8, 4) is 23.3 Å². The summed E-state index contributed by atoms with van der Waals surface area (Å²) in [6, 6.07) is 20.3. The predicted octanol–water partition coefficient (Wildman–Crippen LogP) is 7.15. The van der Waals surface area contributed by atoms with Crippen LogP contribution in [-0.2, 0) is 30.3 Å². The Morgan fingerprint density at radius 2 is 1.74 bits per heavy atom. The second-order valence-electron chi connectivity index (χ2n) is 16.3. The number of aromatic nitrogens is 7. The fraction of sp³-hybridized carbons (Fsp3) is 0.356. The molecule has 2 fully saturated rings. The minimum atomic E-state index is -0.800. The number of fused-ring (bicyclic) bond motifs is 3. The van der Waals surface area contributed by atoms with Crippen LogP contribution in [0.3, 0.4) is 0 Å². The molecule has 10 rings (SSSR count). The lowest BCUT2D eigenvalue weighted by molar-refractivity contribution is 0.0721. The van der Waals surface area contributed by atoms with Crippen LogP contribution in [0, 0.1) is 36.9 Å². The molecule has 2 aliphatic heterocycles. The molecule has 0 N–H and O–H groups in total. The molecule has 12 nitrogen and oxygen atoms in total. The largest absolute Gasteiger partial charge is 0.381 e. The number of amides is 1. The molecule has 2 atom stereocenters.